The number of carbonyl (C=O) groups excluding carboxylic acids is 1. The van der Waals surface area contributed by atoms with Gasteiger partial charge in [-0.05, 0) is 53.6 Å². The van der Waals surface area contributed by atoms with Gasteiger partial charge in [0, 0.05) is 23.3 Å². The summed E-state index contributed by atoms with van der Waals surface area (Å²) < 4.78 is 0.789. The highest BCUT2D eigenvalue weighted by atomic mass is 79.9. The molecule has 2 saturated carbocycles. The molecule has 96 valence electrons. The van der Waals surface area contributed by atoms with Crippen LogP contribution in [0.1, 0.15) is 36.0 Å². The van der Waals surface area contributed by atoms with E-state index < -0.39 is 0 Å². The van der Waals surface area contributed by atoms with E-state index in [0.29, 0.717) is 22.7 Å². The van der Waals surface area contributed by atoms with Crippen LogP contribution in [0.15, 0.2) is 16.7 Å². The SMILES string of the molecule is O=C(c1cc(Br)cnc1Cl)N(CC1CC1)C1CC1. The minimum absolute atomic E-state index is 0.0307. The Balaban J connectivity index is 1.83. The van der Waals surface area contributed by atoms with E-state index in [4.69, 9.17) is 11.6 Å². The summed E-state index contributed by atoms with van der Waals surface area (Å²) in [6, 6.07) is 2.19. The molecule has 0 aliphatic heterocycles. The second-order valence-corrected chi connectivity index (χ2v) is 6.40. The molecule has 0 atom stereocenters. The van der Waals surface area contributed by atoms with Crippen LogP contribution in [-0.4, -0.2) is 28.4 Å². The number of pyridine rings is 1. The van der Waals surface area contributed by atoms with E-state index >= 15 is 0 Å². The van der Waals surface area contributed by atoms with Crippen molar-refractivity contribution in [1.29, 1.82) is 0 Å². The van der Waals surface area contributed by atoms with Gasteiger partial charge in [0.1, 0.15) is 5.15 Å². The van der Waals surface area contributed by atoms with E-state index in [1.807, 2.05) is 4.90 Å². The molecule has 0 radical (unpaired) electrons. The molecule has 5 heteroatoms. The normalized spacial score (nSPS) is 18.8. The van der Waals surface area contributed by atoms with Gasteiger partial charge in [0.25, 0.3) is 5.91 Å². The Hall–Kier alpha value is -0.610. The molecule has 0 N–H and O–H groups in total. The molecule has 1 amide bonds. The summed E-state index contributed by atoms with van der Waals surface area (Å²) in [6.45, 7) is 0.881. The van der Waals surface area contributed by atoms with Crippen molar-refractivity contribution in [2.45, 2.75) is 31.7 Å². The first-order valence-corrected chi connectivity index (χ1v) is 7.44. The lowest BCUT2D eigenvalue weighted by atomic mass is 10.2. The maximum Gasteiger partial charge on any atom is 0.257 e. The van der Waals surface area contributed by atoms with Crippen molar-refractivity contribution in [3.05, 3.63) is 27.5 Å². The largest absolute Gasteiger partial charge is 0.335 e. The van der Waals surface area contributed by atoms with Crippen LogP contribution in [0.5, 0.6) is 0 Å². The third kappa shape index (κ3) is 2.69. The molecule has 0 unspecified atom stereocenters. The van der Waals surface area contributed by atoms with Gasteiger partial charge in [0.15, 0.2) is 0 Å². The number of nitrogens with zero attached hydrogens (tertiary/aromatic N) is 2. The monoisotopic (exact) mass is 328 g/mol. The predicted molar refractivity (Wildman–Crippen MR) is 73.7 cm³/mol. The highest BCUT2D eigenvalue weighted by Crippen LogP contribution is 2.36. The zero-order valence-electron chi connectivity index (χ0n) is 9.90. The molecule has 0 bridgehead atoms. The molecule has 1 heterocycles. The van der Waals surface area contributed by atoms with Crippen molar-refractivity contribution in [2.75, 3.05) is 6.54 Å². The third-order valence-electron chi connectivity index (χ3n) is 3.44. The van der Waals surface area contributed by atoms with Crippen LogP contribution in [-0.2, 0) is 0 Å². The van der Waals surface area contributed by atoms with Gasteiger partial charge in [-0.25, -0.2) is 4.98 Å². The smallest absolute Gasteiger partial charge is 0.257 e. The van der Waals surface area contributed by atoms with E-state index in [1.165, 1.54) is 12.8 Å². The molecular weight excluding hydrogens is 316 g/mol. The van der Waals surface area contributed by atoms with Crippen LogP contribution in [0.25, 0.3) is 0 Å². The molecule has 0 saturated heterocycles. The van der Waals surface area contributed by atoms with Crippen LogP contribution >= 0.6 is 27.5 Å². The summed E-state index contributed by atoms with van der Waals surface area (Å²) >= 11 is 9.37. The summed E-state index contributed by atoms with van der Waals surface area (Å²) in [5, 5.41) is 0.296. The van der Waals surface area contributed by atoms with Gasteiger partial charge in [-0.15, -0.1) is 0 Å². The number of rotatable bonds is 4. The molecule has 3 rings (SSSR count). The fourth-order valence-electron chi connectivity index (χ4n) is 2.09. The summed E-state index contributed by atoms with van der Waals surface area (Å²) in [6.07, 6.45) is 6.36. The quantitative estimate of drug-likeness (QED) is 0.792. The van der Waals surface area contributed by atoms with Crippen molar-refractivity contribution in [3.63, 3.8) is 0 Å². The second kappa shape index (κ2) is 4.82. The molecule has 1 aromatic rings. The average molecular weight is 330 g/mol. The molecule has 18 heavy (non-hydrogen) atoms. The van der Waals surface area contributed by atoms with Gasteiger partial charge < -0.3 is 4.90 Å². The highest BCUT2D eigenvalue weighted by molar-refractivity contribution is 9.10. The molecule has 0 spiro atoms. The van der Waals surface area contributed by atoms with Crippen molar-refractivity contribution >= 4 is 33.4 Å². The van der Waals surface area contributed by atoms with E-state index in [9.17, 15) is 4.79 Å². The van der Waals surface area contributed by atoms with E-state index in [2.05, 4.69) is 20.9 Å². The van der Waals surface area contributed by atoms with Crippen LogP contribution in [0.4, 0.5) is 0 Å². The minimum Gasteiger partial charge on any atom is -0.335 e. The molecular formula is C13H14BrClN2O. The first-order chi connectivity index (χ1) is 8.65. The third-order valence-corrected chi connectivity index (χ3v) is 4.17. The number of hydrogen-bond acceptors (Lipinski definition) is 2. The fraction of sp³-hybridized carbons (Fsp3) is 0.538. The number of aromatic nitrogens is 1. The second-order valence-electron chi connectivity index (χ2n) is 5.12. The Kier molecular flexibility index (Phi) is 3.32. The lowest BCUT2D eigenvalue weighted by molar-refractivity contribution is 0.0734. The first-order valence-electron chi connectivity index (χ1n) is 6.27. The first kappa shape index (κ1) is 12.4. The van der Waals surface area contributed by atoms with Crippen molar-refractivity contribution in [1.82, 2.24) is 9.88 Å². The fourth-order valence-corrected chi connectivity index (χ4v) is 2.61. The van der Waals surface area contributed by atoms with Crippen LogP contribution < -0.4 is 0 Å². The summed E-state index contributed by atoms with van der Waals surface area (Å²) in [5.41, 5.74) is 0.513. The van der Waals surface area contributed by atoms with Gasteiger partial charge in [-0.1, -0.05) is 11.6 Å². The summed E-state index contributed by atoms with van der Waals surface area (Å²) in [5.74, 6) is 0.733. The Morgan fingerprint density at radius 1 is 1.44 bits per heavy atom. The van der Waals surface area contributed by atoms with Gasteiger partial charge in [-0.2, -0.15) is 0 Å². The Bertz CT molecular complexity index is 486. The highest BCUT2D eigenvalue weighted by Gasteiger charge is 2.37. The van der Waals surface area contributed by atoms with E-state index in [1.54, 1.807) is 12.3 Å². The maximum absolute atomic E-state index is 12.5. The number of halogens is 2. The Labute approximate surface area is 120 Å². The minimum atomic E-state index is 0.0307. The van der Waals surface area contributed by atoms with E-state index in [0.717, 1.165) is 23.9 Å². The predicted octanol–water partition coefficient (Wildman–Crippen LogP) is 3.51. The van der Waals surface area contributed by atoms with Gasteiger partial charge in [0.05, 0.1) is 5.56 Å². The molecule has 0 aromatic carbocycles. The lowest BCUT2D eigenvalue weighted by Crippen LogP contribution is -2.35. The van der Waals surface area contributed by atoms with Gasteiger partial charge >= 0.3 is 0 Å². The topological polar surface area (TPSA) is 33.2 Å². The zero-order chi connectivity index (χ0) is 12.7. The van der Waals surface area contributed by atoms with Crippen molar-refractivity contribution in [3.8, 4) is 0 Å². The standard InChI is InChI=1S/C13H14BrClN2O/c14-9-5-11(12(15)16-6-9)13(18)17(10-3-4-10)7-8-1-2-8/h5-6,8,10H,1-4,7H2. The van der Waals surface area contributed by atoms with Crippen molar-refractivity contribution < 1.29 is 4.79 Å². The maximum atomic E-state index is 12.5. The average Bonchev–Trinajstić information content (AvgIpc) is 3.21. The number of amides is 1. The number of hydrogen-bond donors (Lipinski definition) is 0. The van der Waals surface area contributed by atoms with Crippen LogP contribution in [0.2, 0.25) is 5.15 Å². The lowest BCUT2D eigenvalue weighted by Gasteiger charge is -2.22. The van der Waals surface area contributed by atoms with Gasteiger partial charge in [-0.3, -0.25) is 4.79 Å². The molecule has 1 aromatic heterocycles. The molecule has 2 aliphatic carbocycles. The summed E-state index contributed by atoms with van der Waals surface area (Å²) in [7, 11) is 0. The molecule has 3 nitrogen and oxygen atoms in total. The number of carbonyl (C=O) groups is 1. The van der Waals surface area contributed by atoms with E-state index in [-0.39, 0.29) is 5.91 Å². The van der Waals surface area contributed by atoms with Crippen molar-refractivity contribution in [2.24, 2.45) is 5.92 Å². The molecule has 2 aliphatic rings. The molecule has 2 fully saturated rings. The van der Waals surface area contributed by atoms with Gasteiger partial charge in [0.2, 0.25) is 0 Å². The zero-order valence-corrected chi connectivity index (χ0v) is 12.2. The summed E-state index contributed by atoms with van der Waals surface area (Å²) in [4.78, 5) is 18.6. The Morgan fingerprint density at radius 3 is 2.78 bits per heavy atom. The van der Waals surface area contributed by atoms with Crippen LogP contribution in [0.3, 0.4) is 0 Å². The Morgan fingerprint density at radius 2 is 2.17 bits per heavy atom. The van der Waals surface area contributed by atoms with Crippen LogP contribution in [0, 0.1) is 5.92 Å².